The van der Waals surface area contributed by atoms with Crippen LogP contribution in [-0.2, 0) is 21.1 Å². The second-order valence-corrected chi connectivity index (χ2v) is 10.6. The summed E-state index contributed by atoms with van der Waals surface area (Å²) in [5.41, 5.74) is 2.62. The molecule has 0 spiro atoms. The lowest BCUT2D eigenvalue weighted by molar-refractivity contribution is -0.115. The first kappa shape index (κ1) is 25.5. The molecule has 0 heterocycles. The molecule has 34 heavy (non-hydrogen) atoms. The van der Waals surface area contributed by atoms with Gasteiger partial charge in [0.25, 0.3) is 5.91 Å². The van der Waals surface area contributed by atoms with Crippen LogP contribution < -0.4 is 5.32 Å². The van der Waals surface area contributed by atoms with Gasteiger partial charge >= 0.3 is 0 Å². The first-order chi connectivity index (χ1) is 16.1. The SMILES string of the molecule is CCS(=O)(=O)c1ccc(CC(=O)Nc2ccc(C(=O)N(C)[C@H](C)c3ccccc3Cl)cc2)cc1. The maximum atomic E-state index is 12.9. The lowest BCUT2D eigenvalue weighted by atomic mass is 10.1. The first-order valence-electron chi connectivity index (χ1n) is 10.9. The third-order valence-electron chi connectivity index (χ3n) is 5.70. The predicted molar refractivity (Wildman–Crippen MR) is 135 cm³/mol. The Hall–Kier alpha value is -3.16. The molecule has 8 heteroatoms. The van der Waals surface area contributed by atoms with Crippen molar-refractivity contribution in [2.45, 2.75) is 31.2 Å². The average molecular weight is 499 g/mol. The van der Waals surface area contributed by atoms with Crippen LogP contribution in [0.4, 0.5) is 5.69 Å². The summed E-state index contributed by atoms with van der Waals surface area (Å²) in [6, 6.07) is 20.2. The zero-order valence-corrected chi connectivity index (χ0v) is 20.9. The van der Waals surface area contributed by atoms with E-state index in [0.29, 0.717) is 21.8 Å². The summed E-state index contributed by atoms with van der Waals surface area (Å²) in [6.45, 7) is 3.50. The van der Waals surface area contributed by atoms with Gasteiger partial charge in [-0.05, 0) is 60.5 Å². The normalized spacial score (nSPS) is 12.1. The topological polar surface area (TPSA) is 83.5 Å². The van der Waals surface area contributed by atoms with E-state index in [4.69, 9.17) is 11.6 Å². The molecule has 0 aliphatic heterocycles. The predicted octanol–water partition coefficient (Wildman–Crippen LogP) is 5.15. The van der Waals surface area contributed by atoms with Gasteiger partial charge in [0.05, 0.1) is 23.1 Å². The minimum absolute atomic E-state index is 0.0278. The van der Waals surface area contributed by atoms with Crippen molar-refractivity contribution >= 4 is 38.9 Å². The molecule has 1 N–H and O–H groups in total. The van der Waals surface area contributed by atoms with Crippen LogP contribution in [0.25, 0.3) is 0 Å². The molecule has 0 fully saturated rings. The monoisotopic (exact) mass is 498 g/mol. The molecule has 0 unspecified atom stereocenters. The van der Waals surface area contributed by atoms with Gasteiger partial charge in [-0.3, -0.25) is 9.59 Å². The van der Waals surface area contributed by atoms with E-state index in [0.717, 1.165) is 5.56 Å². The van der Waals surface area contributed by atoms with Gasteiger partial charge in [0.15, 0.2) is 9.84 Å². The Labute approximate surface area is 205 Å². The van der Waals surface area contributed by atoms with E-state index in [1.54, 1.807) is 61.3 Å². The fourth-order valence-electron chi connectivity index (χ4n) is 3.47. The Morgan fingerprint density at radius 3 is 2.18 bits per heavy atom. The van der Waals surface area contributed by atoms with E-state index in [1.165, 1.54) is 12.1 Å². The second-order valence-electron chi connectivity index (χ2n) is 7.96. The zero-order valence-electron chi connectivity index (χ0n) is 19.3. The summed E-state index contributed by atoms with van der Waals surface area (Å²) in [5, 5.41) is 3.40. The number of hydrogen-bond donors (Lipinski definition) is 1. The largest absolute Gasteiger partial charge is 0.335 e. The molecule has 0 aliphatic carbocycles. The van der Waals surface area contributed by atoms with Crippen LogP contribution in [-0.4, -0.2) is 37.9 Å². The number of hydrogen-bond acceptors (Lipinski definition) is 4. The van der Waals surface area contributed by atoms with E-state index in [2.05, 4.69) is 5.32 Å². The number of carbonyl (C=O) groups excluding carboxylic acids is 2. The second kappa shape index (κ2) is 10.8. The summed E-state index contributed by atoms with van der Waals surface area (Å²) in [4.78, 5) is 27.2. The molecule has 0 saturated heterocycles. The number of halogens is 1. The third kappa shape index (κ3) is 6.04. The highest BCUT2D eigenvalue weighted by Gasteiger charge is 2.20. The summed E-state index contributed by atoms with van der Waals surface area (Å²) in [5.74, 6) is -0.373. The van der Waals surface area contributed by atoms with Crippen molar-refractivity contribution in [3.8, 4) is 0 Å². The van der Waals surface area contributed by atoms with Crippen LogP contribution in [0, 0.1) is 0 Å². The number of anilines is 1. The lowest BCUT2D eigenvalue weighted by Crippen LogP contribution is -2.29. The molecule has 3 rings (SSSR count). The Balaban J connectivity index is 1.61. The molecule has 2 amide bonds. The Bertz CT molecular complexity index is 1270. The van der Waals surface area contributed by atoms with Gasteiger partial charge in [-0.25, -0.2) is 8.42 Å². The fourth-order valence-corrected chi connectivity index (χ4v) is 4.65. The number of rotatable bonds is 8. The quantitative estimate of drug-likeness (QED) is 0.465. The number of amides is 2. The Kier molecular flexibility index (Phi) is 8.12. The van der Waals surface area contributed by atoms with E-state index in [-0.39, 0.29) is 34.9 Å². The molecule has 1 atom stereocenters. The van der Waals surface area contributed by atoms with Gasteiger partial charge < -0.3 is 10.2 Å². The minimum atomic E-state index is -3.27. The molecule has 0 aliphatic rings. The van der Waals surface area contributed by atoms with Crippen molar-refractivity contribution in [2.75, 3.05) is 18.1 Å². The standard InChI is InChI=1S/C26H27ClN2O4S/c1-4-34(32,33)22-15-9-19(10-16-22)17-25(30)28-21-13-11-20(12-14-21)26(31)29(3)18(2)23-7-5-6-8-24(23)27/h5-16,18H,4,17H2,1-3H3,(H,28,30)/t18-/m1/s1. The summed E-state index contributed by atoms with van der Waals surface area (Å²) in [7, 11) is -1.55. The number of carbonyl (C=O) groups is 2. The van der Waals surface area contributed by atoms with Gasteiger partial charge in [0, 0.05) is 23.3 Å². The molecule has 3 aromatic rings. The highest BCUT2D eigenvalue weighted by Crippen LogP contribution is 2.27. The van der Waals surface area contributed by atoms with Crippen LogP contribution in [0.15, 0.2) is 77.7 Å². The lowest BCUT2D eigenvalue weighted by Gasteiger charge is -2.26. The molecule has 3 aromatic carbocycles. The smallest absolute Gasteiger partial charge is 0.254 e. The minimum Gasteiger partial charge on any atom is -0.335 e. The van der Waals surface area contributed by atoms with Gasteiger partial charge in [0.1, 0.15) is 0 Å². The molecule has 0 aromatic heterocycles. The van der Waals surface area contributed by atoms with Gasteiger partial charge in [0.2, 0.25) is 5.91 Å². The Morgan fingerprint density at radius 2 is 1.59 bits per heavy atom. The molecule has 6 nitrogen and oxygen atoms in total. The van der Waals surface area contributed by atoms with Crippen molar-refractivity contribution in [3.63, 3.8) is 0 Å². The summed E-state index contributed by atoms with van der Waals surface area (Å²) >= 11 is 6.27. The number of benzene rings is 3. The van der Waals surface area contributed by atoms with Crippen molar-refractivity contribution in [2.24, 2.45) is 0 Å². The highest BCUT2D eigenvalue weighted by atomic mass is 35.5. The number of nitrogens with one attached hydrogen (secondary N) is 1. The van der Waals surface area contributed by atoms with Gasteiger partial charge in [-0.1, -0.05) is 48.9 Å². The zero-order chi connectivity index (χ0) is 24.9. The van der Waals surface area contributed by atoms with E-state index >= 15 is 0 Å². The maximum Gasteiger partial charge on any atom is 0.254 e. The van der Waals surface area contributed by atoms with Gasteiger partial charge in [-0.2, -0.15) is 0 Å². The summed E-state index contributed by atoms with van der Waals surface area (Å²) < 4.78 is 23.8. The number of nitrogens with zero attached hydrogens (tertiary/aromatic N) is 1. The summed E-state index contributed by atoms with van der Waals surface area (Å²) in [6.07, 6.45) is 0.102. The molecule has 0 saturated carbocycles. The fraction of sp³-hybridized carbons (Fsp3) is 0.231. The molecule has 0 bridgehead atoms. The van der Waals surface area contributed by atoms with Crippen LogP contribution in [0.3, 0.4) is 0 Å². The third-order valence-corrected chi connectivity index (χ3v) is 7.79. The molecular weight excluding hydrogens is 472 g/mol. The highest BCUT2D eigenvalue weighted by molar-refractivity contribution is 7.91. The van der Waals surface area contributed by atoms with Gasteiger partial charge in [-0.15, -0.1) is 0 Å². The van der Waals surface area contributed by atoms with Crippen molar-refractivity contribution in [1.82, 2.24) is 4.90 Å². The molecular formula is C26H27ClN2O4S. The maximum absolute atomic E-state index is 12.9. The Morgan fingerprint density at radius 1 is 0.971 bits per heavy atom. The van der Waals surface area contributed by atoms with Crippen LogP contribution >= 0.6 is 11.6 Å². The van der Waals surface area contributed by atoms with Crippen LogP contribution in [0.2, 0.25) is 5.02 Å². The number of sulfone groups is 1. The molecule has 178 valence electrons. The van der Waals surface area contributed by atoms with E-state index in [9.17, 15) is 18.0 Å². The van der Waals surface area contributed by atoms with E-state index < -0.39 is 9.84 Å². The van der Waals surface area contributed by atoms with Crippen molar-refractivity contribution < 1.29 is 18.0 Å². The van der Waals surface area contributed by atoms with E-state index in [1.807, 2.05) is 25.1 Å². The van der Waals surface area contributed by atoms with Crippen LogP contribution in [0.5, 0.6) is 0 Å². The van der Waals surface area contributed by atoms with Crippen molar-refractivity contribution in [1.29, 1.82) is 0 Å². The van der Waals surface area contributed by atoms with Crippen molar-refractivity contribution in [3.05, 3.63) is 94.5 Å². The first-order valence-corrected chi connectivity index (χ1v) is 12.9. The average Bonchev–Trinajstić information content (AvgIpc) is 2.83. The molecule has 0 radical (unpaired) electrons. The van der Waals surface area contributed by atoms with Crippen LogP contribution in [0.1, 0.15) is 41.4 Å².